The van der Waals surface area contributed by atoms with E-state index in [2.05, 4.69) is 9.97 Å². The standard InChI is InChI=1S/C24H17F3N2O.ClH/c25-24(26,27)15-7-5-14(6-8-15)23(19-12-28-21-4-2-1-3-17(19)21)20-13-29-22-10-9-16(30)11-18(20)22;/h1-13,23,28-30H;1H. The van der Waals surface area contributed by atoms with Crippen molar-refractivity contribution in [3.8, 4) is 5.75 Å². The molecule has 0 aliphatic heterocycles. The summed E-state index contributed by atoms with van der Waals surface area (Å²) in [6.07, 6.45) is -0.635. The normalized spacial score (nSPS) is 12.7. The summed E-state index contributed by atoms with van der Waals surface area (Å²) in [5.74, 6) is -0.188. The highest BCUT2D eigenvalue weighted by Gasteiger charge is 2.31. The second kappa shape index (κ2) is 7.71. The predicted molar refractivity (Wildman–Crippen MR) is 118 cm³/mol. The number of rotatable bonds is 3. The van der Waals surface area contributed by atoms with Crippen LogP contribution in [0.25, 0.3) is 21.8 Å². The molecule has 0 aliphatic carbocycles. The van der Waals surface area contributed by atoms with Gasteiger partial charge in [0.2, 0.25) is 0 Å². The number of aromatic amines is 2. The Morgan fingerprint density at radius 2 is 1.35 bits per heavy atom. The van der Waals surface area contributed by atoms with E-state index in [1.165, 1.54) is 12.1 Å². The number of aromatic nitrogens is 2. The van der Waals surface area contributed by atoms with Gasteiger partial charge in [0.25, 0.3) is 0 Å². The molecular formula is C24H18ClF3N2O. The maximum Gasteiger partial charge on any atom is 0.416 e. The number of benzene rings is 3. The highest BCUT2D eigenvalue weighted by atomic mass is 35.5. The van der Waals surface area contributed by atoms with Gasteiger partial charge < -0.3 is 15.1 Å². The third kappa shape index (κ3) is 3.64. The number of hydrogen-bond acceptors (Lipinski definition) is 1. The van der Waals surface area contributed by atoms with Crippen LogP contribution in [-0.2, 0) is 6.18 Å². The van der Waals surface area contributed by atoms with Crippen molar-refractivity contribution in [1.82, 2.24) is 9.97 Å². The molecule has 0 saturated carbocycles. The highest BCUT2D eigenvalue weighted by molar-refractivity contribution is 5.89. The van der Waals surface area contributed by atoms with Crippen LogP contribution in [0.5, 0.6) is 5.75 Å². The largest absolute Gasteiger partial charge is 0.508 e. The third-order valence-corrected chi connectivity index (χ3v) is 5.51. The van der Waals surface area contributed by atoms with E-state index in [1.54, 1.807) is 18.2 Å². The number of fused-ring (bicyclic) bond motifs is 2. The van der Waals surface area contributed by atoms with Crippen molar-refractivity contribution in [2.45, 2.75) is 12.1 Å². The fourth-order valence-electron chi connectivity index (χ4n) is 4.09. The summed E-state index contributed by atoms with van der Waals surface area (Å²) >= 11 is 0. The van der Waals surface area contributed by atoms with Crippen molar-refractivity contribution in [1.29, 1.82) is 0 Å². The molecule has 2 aromatic heterocycles. The number of phenols is 1. The maximum absolute atomic E-state index is 13.1. The van der Waals surface area contributed by atoms with Crippen LogP contribution < -0.4 is 0 Å². The van der Waals surface area contributed by atoms with Crippen molar-refractivity contribution in [2.75, 3.05) is 0 Å². The molecule has 158 valence electrons. The Morgan fingerprint density at radius 1 is 0.742 bits per heavy atom. The van der Waals surface area contributed by atoms with Gasteiger partial charge in [0.05, 0.1) is 5.56 Å². The van der Waals surface area contributed by atoms with Crippen LogP contribution in [0, 0.1) is 0 Å². The third-order valence-electron chi connectivity index (χ3n) is 5.51. The molecule has 5 rings (SSSR count). The average Bonchev–Trinajstić information content (AvgIpc) is 3.33. The highest BCUT2D eigenvalue weighted by Crippen LogP contribution is 2.41. The molecule has 0 bridgehead atoms. The lowest BCUT2D eigenvalue weighted by molar-refractivity contribution is -0.137. The molecule has 1 atom stereocenters. The van der Waals surface area contributed by atoms with Crippen LogP contribution in [0.1, 0.15) is 28.2 Å². The van der Waals surface area contributed by atoms with Gasteiger partial charge in [-0.3, -0.25) is 0 Å². The zero-order valence-electron chi connectivity index (χ0n) is 16.1. The average molecular weight is 443 g/mol. The van der Waals surface area contributed by atoms with Gasteiger partial charge in [-0.05, 0) is 53.1 Å². The van der Waals surface area contributed by atoms with E-state index >= 15 is 0 Å². The second-order valence-electron chi connectivity index (χ2n) is 7.32. The number of halogens is 4. The molecular weight excluding hydrogens is 425 g/mol. The predicted octanol–water partition coefficient (Wildman–Crippen LogP) is 6.98. The first-order valence-electron chi connectivity index (χ1n) is 9.45. The van der Waals surface area contributed by atoms with E-state index in [-0.39, 0.29) is 24.1 Å². The number of aromatic hydroxyl groups is 1. The van der Waals surface area contributed by atoms with Crippen LogP contribution in [0.4, 0.5) is 13.2 Å². The summed E-state index contributed by atoms with van der Waals surface area (Å²) in [5, 5.41) is 11.8. The SMILES string of the molecule is Cl.Oc1ccc2[nH]cc(C(c3ccc(C(F)(F)F)cc3)c3c[nH]c4ccccc34)c2c1. The molecule has 0 saturated heterocycles. The zero-order chi connectivity index (χ0) is 20.9. The minimum atomic E-state index is -4.39. The minimum Gasteiger partial charge on any atom is -0.508 e. The molecule has 0 radical (unpaired) electrons. The first-order valence-corrected chi connectivity index (χ1v) is 9.45. The molecule has 31 heavy (non-hydrogen) atoms. The number of H-pyrrole nitrogens is 2. The summed E-state index contributed by atoms with van der Waals surface area (Å²) in [6, 6.07) is 18.2. The van der Waals surface area contributed by atoms with E-state index in [9.17, 15) is 18.3 Å². The molecule has 5 aromatic rings. The van der Waals surface area contributed by atoms with Crippen LogP contribution in [0.3, 0.4) is 0 Å². The van der Waals surface area contributed by atoms with Crippen molar-refractivity contribution in [3.05, 3.63) is 101 Å². The number of alkyl halides is 3. The summed E-state index contributed by atoms with van der Waals surface area (Å²) < 4.78 is 39.3. The maximum atomic E-state index is 13.1. The molecule has 3 aromatic carbocycles. The summed E-state index contributed by atoms with van der Waals surface area (Å²) in [4.78, 5) is 6.47. The first kappa shape index (κ1) is 20.9. The van der Waals surface area contributed by atoms with Gasteiger partial charge in [-0.25, -0.2) is 0 Å². The summed E-state index contributed by atoms with van der Waals surface area (Å²) in [6.45, 7) is 0. The molecule has 0 spiro atoms. The monoisotopic (exact) mass is 442 g/mol. The van der Waals surface area contributed by atoms with Gasteiger partial charge in [-0.1, -0.05) is 30.3 Å². The molecule has 7 heteroatoms. The molecule has 3 nitrogen and oxygen atoms in total. The van der Waals surface area contributed by atoms with Gasteiger partial charge >= 0.3 is 6.18 Å². The lowest BCUT2D eigenvalue weighted by Gasteiger charge is -2.18. The number of hydrogen-bond donors (Lipinski definition) is 3. The Labute approximate surface area is 182 Å². The number of para-hydroxylation sites is 1. The second-order valence-corrected chi connectivity index (χ2v) is 7.32. The Hall–Kier alpha value is -3.38. The van der Waals surface area contributed by atoms with Crippen molar-refractivity contribution >= 4 is 34.2 Å². The zero-order valence-corrected chi connectivity index (χ0v) is 16.9. The molecule has 0 aliphatic rings. The van der Waals surface area contributed by atoms with E-state index in [0.717, 1.165) is 50.6 Å². The minimum absolute atomic E-state index is 0. The van der Waals surface area contributed by atoms with Crippen molar-refractivity contribution < 1.29 is 18.3 Å². The van der Waals surface area contributed by atoms with Gasteiger partial charge in [0.1, 0.15) is 5.75 Å². The van der Waals surface area contributed by atoms with Crippen LogP contribution in [-0.4, -0.2) is 15.1 Å². The molecule has 0 fully saturated rings. The fraction of sp³-hybridized carbons (Fsp3) is 0.0833. The van der Waals surface area contributed by atoms with Gasteiger partial charge in [0.15, 0.2) is 0 Å². The number of nitrogens with one attached hydrogen (secondary N) is 2. The van der Waals surface area contributed by atoms with E-state index < -0.39 is 11.7 Å². The van der Waals surface area contributed by atoms with E-state index in [1.807, 2.05) is 36.7 Å². The Kier molecular flexibility index (Phi) is 5.19. The smallest absolute Gasteiger partial charge is 0.416 e. The quantitative estimate of drug-likeness (QED) is 0.277. The molecule has 2 heterocycles. The van der Waals surface area contributed by atoms with E-state index in [4.69, 9.17) is 0 Å². The topological polar surface area (TPSA) is 51.8 Å². The van der Waals surface area contributed by atoms with Gasteiger partial charge in [0, 0.05) is 40.1 Å². The number of phenolic OH excluding ortho intramolecular Hbond substituents is 1. The Bertz CT molecular complexity index is 1350. The van der Waals surface area contributed by atoms with Crippen LogP contribution in [0.15, 0.2) is 79.1 Å². The molecule has 0 amide bonds. The van der Waals surface area contributed by atoms with Crippen LogP contribution in [0.2, 0.25) is 0 Å². The van der Waals surface area contributed by atoms with Crippen LogP contribution >= 0.6 is 12.4 Å². The van der Waals surface area contributed by atoms with Crippen molar-refractivity contribution in [3.63, 3.8) is 0 Å². The lowest BCUT2D eigenvalue weighted by Crippen LogP contribution is -2.07. The van der Waals surface area contributed by atoms with Gasteiger partial charge in [-0.2, -0.15) is 13.2 Å². The fourth-order valence-corrected chi connectivity index (χ4v) is 4.09. The Balaban J connectivity index is 0.00000231. The lowest BCUT2D eigenvalue weighted by atomic mass is 9.84. The molecule has 3 N–H and O–H groups in total. The Morgan fingerprint density at radius 3 is 2.03 bits per heavy atom. The van der Waals surface area contributed by atoms with E-state index in [0.29, 0.717) is 0 Å². The van der Waals surface area contributed by atoms with Gasteiger partial charge in [-0.15, -0.1) is 12.4 Å². The van der Waals surface area contributed by atoms with Crippen molar-refractivity contribution in [2.24, 2.45) is 0 Å². The first-order chi connectivity index (χ1) is 14.4. The molecule has 1 unspecified atom stereocenters. The summed E-state index contributed by atoms with van der Waals surface area (Å²) in [7, 11) is 0. The summed E-state index contributed by atoms with van der Waals surface area (Å²) in [5.41, 5.74) is 3.68.